The predicted molar refractivity (Wildman–Crippen MR) is 97.7 cm³/mol. The summed E-state index contributed by atoms with van der Waals surface area (Å²) in [7, 11) is 0. The lowest BCUT2D eigenvalue weighted by molar-refractivity contribution is -0.120. The number of hydrogen-bond donors (Lipinski definition) is 1. The minimum Gasteiger partial charge on any atom is -0.301 e. The second-order valence-corrected chi connectivity index (χ2v) is 7.59. The second kappa shape index (κ2) is 6.65. The van der Waals surface area contributed by atoms with Gasteiger partial charge in [0.2, 0.25) is 11.8 Å². The first kappa shape index (κ1) is 16.9. The Morgan fingerprint density at radius 1 is 1.23 bits per heavy atom. The molecule has 0 aliphatic carbocycles. The molecule has 0 unspecified atom stereocenters. The molecule has 132 valence electrons. The number of thioether (sulfide) groups is 1. The molecule has 2 aromatic carbocycles. The molecule has 1 N–H and O–H groups in total. The minimum atomic E-state index is -0.992. The van der Waals surface area contributed by atoms with E-state index in [1.165, 1.54) is 16.7 Å². The molecule has 0 bridgehead atoms. The predicted octanol–water partition coefficient (Wildman–Crippen LogP) is 3.65. The van der Waals surface area contributed by atoms with Crippen LogP contribution in [0, 0.1) is 11.6 Å². The van der Waals surface area contributed by atoms with Crippen molar-refractivity contribution in [3.05, 3.63) is 48.0 Å². The van der Waals surface area contributed by atoms with E-state index in [1.54, 1.807) is 12.1 Å². The summed E-state index contributed by atoms with van der Waals surface area (Å²) >= 11 is 2.47. The highest BCUT2D eigenvalue weighted by atomic mass is 32.2. The fourth-order valence-electron chi connectivity index (χ4n) is 2.61. The maximum absolute atomic E-state index is 13.3. The van der Waals surface area contributed by atoms with Crippen molar-refractivity contribution < 1.29 is 18.4 Å². The molecule has 1 aliphatic heterocycles. The van der Waals surface area contributed by atoms with Crippen molar-refractivity contribution in [2.45, 2.75) is 4.90 Å². The average molecular weight is 391 g/mol. The van der Waals surface area contributed by atoms with Crippen molar-refractivity contribution >= 4 is 55.9 Å². The summed E-state index contributed by atoms with van der Waals surface area (Å²) in [5.74, 6) is -2.28. The first-order chi connectivity index (χ1) is 12.5. The number of halogens is 2. The van der Waals surface area contributed by atoms with E-state index >= 15 is 0 Å². The van der Waals surface area contributed by atoms with Gasteiger partial charge in [-0.05, 0) is 18.2 Å². The number of para-hydroxylation sites is 1. The van der Waals surface area contributed by atoms with Gasteiger partial charge in [-0.15, -0.1) is 11.8 Å². The van der Waals surface area contributed by atoms with E-state index in [0.717, 1.165) is 28.4 Å². The Bertz CT molecular complexity index is 999. The van der Waals surface area contributed by atoms with Gasteiger partial charge in [0, 0.05) is 11.0 Å². The number of nitrogens with one attached hydrogen (secondary N) is 1. The number of anilines is 2. The number of nitrogens with zero attached hydrogens (tertiary/aromatic N) is 2. The maximum atomic E-state index is 13.3. The highest BCUT2D eigenvalue weighted by molar-refractivity contribution is 8.00. The average Bonchev–Trinajstić information content (AvgIpc) is 2.98. The molecule has 9 heteroatoms. The third kappa shape index (κ3) is 3.15. The van der Waals surface area contributed by atoms with E-state index in [1.807, 2.05) is 12.1 Å². The molecule has 3 aromatic rings. The summed E-state index contributed by atoms with van der Waals surface area (Å²) in [6.07, 6.45) is 0. The summed E-state index contributed by atoms with van der Waals surface area (Å²) in [5, 5.41) is 2.82. The van der Waals surface area contributed by atoms with E-state index in [9.17, 15) is 18.4 Å². The quantitative estimate of drug-likeness (QED) is 0.740. The van der Waals surface area contributed by atoms with Gasteiger partial charge in [0.15, 0.2) is 16.8 Å². The molecule has 1 aliphatic rings. The number of carbonyl (C=O) groups is 2. The third-order valence-electron chi connectivity index (χ3n) is 3.79. The molecule has 0 saturated carbocycles. The summed E-state index contributed by atoms with van der Waals surface area (Å²) in [4.78, 5) is 31.0. The monoisotopic (exact) mass is 391 g/mol. The normalized spacial score (nSPS) is 13.8. The molecule has 0 radical (unpaired) electrons. The fourth-order valence-corrected chi connectivity index (χ4v) is 4.43. The first-order valence-corrected chi connectivity index (χ1v) is 9.39. The molecule has 4 rings (SSSR count). The molecule has 2 heterocycles. The van der Waals surface area contributed by atoms with Crippen molar-refractivity contribution in [3.63, 3.8) is 0 Å². The Hall–Kier alpha value is -2.52. The number of carbonyl (C=O) groups excluding carboxylic acids is 2. The summed E-state index contributed by atoms with van der Waals surface area (Å²) in [5.41, 5.74) is 0.956. The van der Waals surface area contributed by atoms with Gasteiger partial charge in [0.1, 0.15) is 6.54 Å². The van der Waals surface area contributed by atoms with Crippen LogP contribution in [0.3, 0.4) is 0 Å². The molecular formula is C17H11F2N3O2S2. The molecule has 0 atom stereocenters. The summed E-state index contributed by atoms with van der Waals surface area (Å²) in [6, 6.07) is 9.39. The Morgan fingerprint density at radius 3 is 2.85 bits per heavy atom. The Morgan fingerprint density at radius 2 is 2.00 bits per heavy atom. The van der Waals surface area contributed by atoms with E-state index in [2.05, 4.69) is 10.3 Å². The molecule has 1 aromatic heterocycles. The van der Waals surface area contributed by atoms with Crippen molar-refractivity contribution in [1.29, 1.82) is 0 Å². The molecule has 0 spiro atoms. The van der Waals surface area contributed by atoms with Gasteiger partial charge in [0.05, 0.1) is 21.7 Å². The van der Waals surface area contributed by atoms with E-state index in [0.29, 0.717) is 10.4 Å². The number of hydrogen-bond acceptors (Lipinski definition) is 5. The van der Waals surface area contributed by atoms with Gasteiger partial charge in [-0.25, -0.2) is 13.8 Å². The number of rotatable bonds is 3. The van der Waals surface area contributed by atoms with Crippen molar-refractivity contribution in [2.24, 2.45) is 0 Å². The summed E-state index contributed by atoms with van der Waals surface area (Å²) < 4.78 is 27.0. The van der Waals surface area contributed by atoms with Crippen LogP contribution in [-0.2, 0) is 9.59 Å². The number of aromatic nitrogens is 1. The highest BCUT2D eigenvalue weighted by Crippen LogP contribution is 2.35. The molecule has 0 fully saturated rings. The van der Waals surface area contributed by atoms with Crippen LogP contribution < -0.4 is 10.2 Å². The number of fused-ring (bicyclic) bond motifs is 2. The van der Waals surface area contributed by atoms with Crippen LogP contribution in [0.15, 0.2) is 41.3 Å². The van der Waals surface area contributed by atoms with E-state index in [-0.39, 0.29) is 28.9 Å². The van der Waals surface area contributed by atoms with Crippen LogP contribution in [-0.4, -0.2) is 29.1 Å². The van der Waals surface area contributed by atoms with Crippen LogP contribution in [0.5, 0.6) is 0 Å². The molecule has 26 heavy (non-hydrogen) atoms. The lowest BCUT2D eigenvalue weighted by atomic mass is 10.2. The maximum Gasteiger partial charge on any atom is 0.246 e. The van der Waals surface area contributed by atoms with Gasteiger partial charge in [0.25, 0.3) is 0 Å². The van der Waals surface area contributed by atoms with Gasteiger partial charge >= 0.3 is 0 Å². The highest BCUT2D eigenvalue weighted by Gasteiger charge is 2.26. The van der Waals surface area contributed by atoms with Crippen LogP contribution >= 0.6 is 23.1 Å². The number of amides is 2. The zero-order valence-electron chi connectivity index (χ0n) is 13.2. The first-order valence-electron chi connectivity index (χ1n) is 7.59. The van der Waals surface area contributed by atoms with Crippen LogP contribution in [0.1, 0.15) is 0 Å². The van der Waals surface area contributed by atoms with Gasteiger partial charge < -0.3 is 10.2 Å². The van der Waals surface area contributed by atoms with Crippen LogP contribution in [0.25, 0.3) is 10.2 Å². The standard InChI is InChI=1S/C17H11F2N3O2S2/c18-9-5-11-14(6-10(9)19)26-17(20-11)21-15(23)7-22-12-3-1-2-4-13(12)25-8-16(22)24/h1-6H,7-8H2,(H,20,21,23). The SMILES string of the molecule is O=C(CN1C(=O)CSc2ccccc21)Nc1nc2cc(F)c(F)cc2s1. The Kier molecular flexibility index (Phi) is 4.33. The Labute approximate surface area is 155 Å². The molecular weight excluding hydrogens is 380 g/mol. The van der Waals surface area contributed by atoms with Gasteiger partial charge in [-0.2, -0.15) is 0 Å². The zero-order valence-corrected chi connectivity index (χ0v) is 14.8. The van der Waals surface area contributed by atoms with Gasteiger partial charge in [-0.1, -0.05) is 23.5 Å². The van der Waals surface area contributed by atoms with Crippen molar-refractivity contribution in [3.8, 4) is 0 Å². The Balaban J connectivity index is 1.53. The topological polar surface area (TPSA) is 62.3 Å². The number of benzene rings is 2. The fraction of sp³-hybridized carbons (Fsp3) is 0.118. The zero-order chi connectivity index (χ0) is 18.3. The van der Waals surface area contributed by atoms with Crippen molar-refractivity contribution in [2.75, 3.05) is 22.5 Å². The lowest BCUT2D eigenvalue weighted by Gasteiger charge is -2.28. The summed E-state index contributed by atoms with van der Waals surface area (Å²) in [6.45, 7) is -0.158. The van der Waals surface area contributed by atoms with Crippen molar-refractivity contribution in [1.82, 2.24) is 4.98 Å². The van der Waals surface area contributed by atoms with E-state index < -0.39 is 17.5 Å². The molecule has 2 amide bonds. The smallest absolute Gasteiger partial charge is 0.246 e. The largest absolute Gasteiger partial charge is 0.301 e. The van der Waals surface area contributed by atoms with E-state index in [4.69, 9.17) is 0 Å². The van der Waals surface area contributed by atoms with Crippen LogP contribution in [0.2, 0.25) is 0 Å². The molecule has 5 nitrogen and oxygen atoms in total. The number of thiazole rings is 1. The van der Waals surface area contributed by atoms with Crippen LogP contribution in [0.4, 0.5) is 19.6 Å². The second-order valence-electron chi connectivity index (χ2n) is 5.54. The van der Waals surface area contributed by atoms with Gasteiger partial charge in [-0.3, -0.25) is 9.59 Å². The third-order valence-corrected chi connectivity index (χ3v) is 5.77. The lowest BCUT2D eigenvalue weighted by Crippen LogP contribution is -2.41. The minimum absolute atomic E-state index is 0.155. The molecule has 0 saturated heterocycles.